The van der Waals surface area contributed by atoms with E-state index in [0.29, 0.717) is 19.8 Å². The fraction of sp³-hybridized carbons (Fsp3) is 0.818. The van der Waals surface area contributed by atoms with E-state index in [1.54, 1.807) is 0 Å². The molecule has 0 aromatic carbocycles. The molecule has 0 amide bonds. The number of hydrogen-bond donors (Lipinski definition) is 1. The highest BCUT2D eigenvalue weighted by Crippen LogP contribution is 2.36. The third kappa shape index (κ3) is 9.30. The molecule has 1 rings (SSSR count). The van der Waals surface area contributed by atoms with E-state index < -0.39 is 22.3 Å². The number of carbonyl (C=O) groups excluding carboxylic acids is 2. The second-order valence-corrected chi connectivity index (χ2v) is 18.2. The van der Waals surface area contributed by atoms with Crippen LogP contribution in [0.25, 0.3) is 0 Å². The monoisotopic (exact) mass is 714 g/mol. The first kappa shape index (κ1) is 22.8. The highest BCUT2D eigenvalue weighted by atomic mass is 80.0. The minimum Gasteiger partial charge on any atom is -0.459 e. The molecule has 0 spiro atoms. The maximum Gasteiger partial charge on any atom is 0.345 e. The lowest BCUT2D eigenvalue weighted by atomic mass is 10.3. The minimum absolute atomic E-state index is 0.0530. The summed E-state index contributed by atoms with van der Waals surface area (Å²) in [6.07, 6.45) is -0.582. The normalized spacial score (nSPS) is 18.3. The topological polar surface area (TPSA) is 66.3 Å². The number of nitrogens with one attached hydrogen (secondary N) is 1. The Labute approximate surface area is 184 Å². The van der Waals surface area contributed by atoms with Gasteiger partial charge in [0.05, 0.1) is 13.2 Å². The highest BCUT2D eigenvalue weighted by Gasteiger charge is 2.36. The number of ether oxygens (including phenoxy) is 3. The number of halogens is 6. The van der Waals surface area contributed by atoms with Crippen LogP contribution in [0.3, 0.4) is 0 Å². The molecule has 1 atom stereocenters. The lowest BCUT2D eigenvalue weighted by Gasteiger charge is -2.28. The first-order valence-corrected chi connectivity index (χ1v) is 11.2. The molecule has 0 aliphatic carbocycles. The molecular formula is C11H14Br6NO5+. The summed E-state index contributed by atoms with van der Waals surface area (Å²) in [6, 6.07) is 0. The Balaban J connectivity index is 2.63. The van der Waals surface area contributed by atoms with Crippen LogP contribution >= 0.6 is 95.6 Å². The molecule has 1 aliphatic rings. The Morgan fingerprint density at radius 3 is 2.00 bits per heavy atom. The van der Waals surface area contributed by atoms with Crippen LogP contribution in [0.2, 0.25) is 0 Å². The van der Waals surface area contributed by atoms with Crippen LogP contribution in [0, 0.1) is 0 Å². The van der Waals surface area contributed by atoms with E-state index in [0.717, 1.165) is 13.1 Å². The molecule has 0 bridgehead atoms. The van der Waals surface area contributed by atoms with Gasteiger partial charge in [0.25, 0.3) is 0 Å². The standard InChI is InChI=1S/C11H13Br6NO5/c12-10(13,14)8(19)22-6-7(23-9(20)11(15,16)17)5-18-1-3-21-4-2-18/h7H,1-6H2/p+1. The molecule has 1 N–H and O–H groups in total. The third-order valence-electron chi connectivity index (χ3n) is 2.85. The fourth-order valence-corrected chi connectivity index (χ4v) is 2.41. The van der Waals surface area contributed by atoms with Crippen molar-refractivity contribution >= 4 is 108 Å². The average Bonchev–Trinajstić information content (AvgIpc) is 2.43. The molecule has 23 heavy (non-hydrogen) atoms. The lowest BCUT2D eigenvalue weighted by molar-refractivity contribution is -0.910. The summed E-state index contributed by atoms with van der Waals surface area (Å²) in [4.78, 5) is 25.0. The van der Waals surface area contributed by atoms with E-state index >= 15 is 0 Å². The van der Waals surface area contributed by atoms with Gasteiger partial charge in [-0.1, -0.05) is 0 Å². The smallest absolute Gasteiger partial charge is 0.345 e. The molecule has 12 heteroatoms. The van der Waals surface area contributed by atoms with Crippen molar-refractivity contribution in [2.45, 2.75) is 10.4 Å². The van der Waals surface area contributed by atoms with Crippen LogP contribution in [0.1, 0.15) is 0 Å². The summed E-state index contributed by atoms with van der Waals surface area (Å²) >= 11 is 18.6. The van der Waals surface area contributed by atoms with Crippen LogP contribution in [0.15, 0.2) is 0 Å². The zero-order valence-electron chi connectivity index (χ0n) is 11.6. The first-order chi connectivity index (χ1) is 10.5. The maximum atomic E-state index is 12.0. The number of esters is 2. The maximum absolute atomic E-state index is 12.0. The molecular weight excluding hydrogens is 706 g/mol. The van der Waals surface area contributed by atoms with Gasteiger partial charge in [0.1, 0.15) is 26.2 Å². The van der Waals surface area contributed by atoms with Gasteiger partial charge in [0.15, 0.2) is 6.10 Å². The minimum atomic E-state index is -1.17. The van der Waals surface area contributed by atoms with E-state index in [1.807, 2.05) is 0 Å². The number of carbonyl (C=O) groups is 2. The first-order valence-electron chi connectivity index (χ1n) is 6.43. The van der Waals surface area contributed by atoms with Crippen LogP contribution in [-0.2, 0) is 23.8 Å². The van der Waals surface area contributed by atoms with Crippen molar-refractivity contribution in [3.8, 4) is 0 Å². The van der Waals surface area contributed by atoms with Crippen LogP contribution in [0.5, 0.6) is 0 Å². The molecule has 0 aromatic heterocycles. The van der Waals surface area contributed by atoms with E-state index in [2.05, 4.69) is 95.6 Å². The molecule has 0 aromatic rings. The van der Waals surface area contributed by atoms with Crippen molar-refractivity contribution in [1.29, 1.82) is 0 Å². The van der Waals surface area contributed by atoms with E-state index in [4.69, 9.17) is 14.2 Å². The quantitative estimate of drug-likeness (QED) is 0.349. The van der Waals surface area contributed by atoms with Crippen molar-refractivity contribution in [2.24, 2.45) is 0 Å². The summed E-state index contributed by atoms with van der Waals surface area (Å²) in [5.74, 6) is -1.13. The number of morpholine rings is 1. The van der Waals surface area contributed by atoms with Crippen LogP contribution < -0.4 is 4.90 Å². The highest BCUT2D eigenvalue weighted by molar-refractivity contribution is 9.40. The lowest BCUT2D eigenvalue weighted by Crippen LogP contribution is -3.15. The third-order valence-corrected chi connectivity index (χ3v) is 4.80. The van der Waals surface area contributed by atoms with E-state index in [1.165, 1.54) is 4.90 Å². The van der Waals surface area contributed by atoms with Gasteiger partial charge in [0.2, 0.25) is 4.29 Å². The number of hydrogen-bond acceptors (Lipinski definition) is 5. The Kier molecular flexibility index (Phi) is 10.1. The molecule has 1 unspecified atom stereocenters. The molecule has 1 fully saturated rings. The van der Waals surface area contributed by atoms with Gasteiger partial charge in [-0.05, 0) is 95.6 Å². The second kappa shape index (κ2) is 10.2. The Morgan fingerprint density at radius 1 is 1.00 bits per heavy atom. The Morgan fingerprint density at radius 2 is 1.52 bits per heavy atom. The molecule has 1 saturated heterocycles. The molecule has 1 heterocycles. The molecule has 0 saturated carbocycles. The predicted molar refractivity (Wildman–Crippen MR) is 106 cm³/mol. The zero-order valence-corrected chi connectivity index (χ0v) is 21.1. The van der Waals surface area contributed by atoms with Crippen molar-refractivity contribution in [1.82, 2.24) is 0 Å². The largest absolute Gasteiger partial charge is 0.459 e. The van der Waals surface area contributed by atoms with Crippen molar-refractivity contribution in [3.05, 3.63) is 0 Å². The average molecular weight is 720 g/mol. The molecule has 6 nitrogen and oxygen atoms in total. The van der Waals surface area contributed by atoms with Crippen molar-refractivity contribution in [2.75, 3.05) is 39.5 Å². The molecule has 0 radical (unpaired) electrons. The van der Waals surface area contributed by atoms with Gasteiger partial charge in [0, 0.05) is 0 Å². The van der Waals surface area contributed by atoms with Gasteiger partial charge in [-0.3, -0.25) is 0 Å². The summed E-state index contributed by atoms with van der Waals surface area (Å²) in [6.45, 7) is 3.39. The van der Waals surface area contributed by atoms with E-state index in [-0.39, 0.29) is 6.61 Å². The van der Waals surface area contributed by atoms with Crippen molar-refractivity contribution in [3.63, 3.8) is 0 Å². The van der Waals surface area contributed by atoms with Crippen LogP contribution in [0.4, 0.5) is 0 Å². The Hall–Kier alpha value is 1.74. The number of alkyl halides is 6. The second-order valence-electron chi connectivity index (χ2n) is 4.69. The van der Waals surface area contributed by atoms with E-state index in [9.17, 15) is 9.59 Å². The van der Waals surface area contributed by atoms with Crippen molar-refractivity contribution < 1.29 is 28.7 Å². The summed E-state index contributed by atoms with van der Waals surface area (Å²) in [5, 5.41) is 0. The zero-order chi connectivity index (χ0) is 17.7. The predicted octanol–water partition coefficient (Wildman–Crippen LogP) is 2.03. The fourth-order valence-electron chi connectivity index (χ4n) is 1.79. The number of rotatable bonds is 5. The number of quaternary nitrogens is 1. The molecule has 1 aliphatic heterocycles. The summed E-state index contributed by atoms with van der Waals surface area (Å²) < 4.78 is 13.6. The van der Waals surface area contributed by atoms with Gasteiger partial charge in [-0.2, -0.15) is 0 Å². The Bertz CT molecular complexity index is 418. The van der Waals surface area contributed by atoms with Gasteiger partial charge < -0.3 is 19.1 Å². The summed E-state index contributed by atoms with van der Waals surface area (Å²) in [7, 11) is 0. The van der Waals surface area contributed by atoms with Gasteiger partial charge in [-0.25, -0.2) is 9.59 Å². The summed E-state index contributed by atoms with van der Waals surface area (Å²) in [5.41, 5.74) is 0. The van der Waals surface area contributed by atoms with Gasteiger partial charge in [-0.15, -0.1) is 0 Å². The van der Waals surface area contributed by atoms with Gasteiger partial charge >= 0.3 is 11.9 Å². The SMILES string of the molecule is O=C(OCC(C[NH+]1CCOCC1)OC(=O)C(Br)(Br)Br)C(Br)(Br)Br. The molecule has 134 valence electrons. The van der Waals surface area contributed by atoms with Crippen LogP contribution in [-0.4, -0.2) is 61.8 Å².